The molecule has 0 atom stereocenters. The molecule has 0 saturated carbocycles. The summed E-state index contributed by atoms with van der Waals surface area (Å²) in [6.45, 7) is 0. The molecule has 3 heterocycles. The predicted octanol–water partition coefficient (Wildman–Crippen LogP) is 16.9. The van der Waals surface area contributed by atoms with E-state index in [1.54, 1.807) is 0 Å². The van der Waals surface area contributed by atoms with Gasteiger partial charge in [0.2, 0.25) is 0 Å². The summed E-state index contributed by atoms with van der Waals surface area (Å²) in [5, 5.41) is 4.19. The van der Waals surface area contributed by atoms with Crippen molar-refractivity contribution in [1.82, 2.24) is 0 Å². The Morgan fingerprint density at radius 1 is 0.318 bits per heavy atom. The van der Waals surface area contributed by atoms with Crippen molar-refractivity contribution in [3.63, 3.8) is 0 Å². The fourth-order valence-electron chi connectivity index (χ4n) is 11.0. The van der Waals surface area contributed by atoms with Crippen LogP contribution in [0.5, 0.6) is 11.5 Å². The zero-order valence-electron chi connectivity index (χ0n) is 35.6. The molecule has 0 amide bonds. The summed E-state index contributed by atoms with van der Waals surface area (Å²) < 4.78 is 20.7. The van der Waals surface area contributed by atoms with Crippen LogP contribution in [0.25, 0.3) is 55.0 Å². The topological polar surface area (TPSA) is 42.0 Å². The zero-order valence-corrected chi connectivity index (χ0v) is 35.6. The van der Waals surface area contributed by atoms with Crippen LogP contribution in [0, 0.1) is 0 Å². The minimum absolute atomic E-state index is 0.647. The molecular weight excluding hydrogens is 809 g/mol. The van der Waals surface area contributed by atoms with Crippen LogP contribution in [0.2, 0.25) is 0 Å². The highest BCUT2D eigenvalue weighted by Crippen LogP contribution is 2.63. The molecule has 0 bridgehead atoms. The summed E-state index contributed by atoms with van der Waals surface area (Å²) in [7, 11) is 0. The molecule has 310 valence electrons. The Morgan fingerprint density at radius 2 is 0.833 bits per heavy atom. The van der Waals surface area contributed by atoms with E-state index in [0.29, 0.717) is 0 Å². The van der Waals surface area contributed by atoms with Gasteiger partial charge in [-0.25, -0.2) is 0 Å². The third kappa shape index (κ3) is 5.16. The van der Waals surface area contributed by atoms with Crippen LogP contribution in [0.4, 0.5) is 34.1 Å². The molecule has 66 heavy (non-hydrogen) atoms. The number of ether oxygens (including phenoxy) is 1. The molecule has 0 saturated heterocycles. The van der Waals surface area contributed by atoms with Crippen molar-refractivity contribution in [2.75, 3.05) is 9.80 Å². The molecule has 5 heteroatoms. The van der Waals surface area contributed by atoms with Crippen LogP contribution in [0.1, 0.15) is 22.3 Å². The number of anilines is 6. The van der Waals surface area contributed by atoms with Crippen molar-refractivity contribution in [2.24, 2.45) is 0 Å². The SMILES string of the molecule is c1ccc(N(c2ccccc2)c2ccc(N(c3ccc4c(c3)C3(c5ccccc5O4)c4ccccc4-c4ccccc43)c3ccc4c(c3)oc3ccccc34)c3oc4ccccc4c23)cc1. The molecule has 14 rings (SSSR count). The molecule has 0 radical (unpaired) electrons. The van der Waals surface area contributed by atoms with Crippen molar-refractivity contribution >= 4 is 78.0 Å². The maximum atomic E-state index is 7.13. The van der Waals surface area contributed by atoms with Gasteiger partial charge in [-0.1, -0.05) is 140 Å². The average Bonchev–Trinajstić information content (AvgIpc) is 4.05. The summed E-state index contributed by atoms with van der Waals surface area (Å²) in [6, 6.07) is 81.7. The second-order valence-corrected chi connectivity index (χ2v) is 17.1. The molecule has 1 aliphatic heterocycles. The van der Waals surface area contributed by atoms with Gasteiger partial charge in [0.25, 0.3) is 0 Å². The first-order valence-electron chi connectivity index (χ1n) is 22.4. The van der Waals surface area contributed by atoms with E-state index in [0.717, 1.165) is 101 Å². The van der Waals surface area contributed by atoms with E-state index >= 15 is 0 Å². The number of rotatable bonds is 6. The summed E-state index contributed by atoms with van der Waals surface area (Å²) in [5.41, 5.74) is 15.6. The third-order valence-electron chi connectivity index (χ3n) is 13.7. The largest absolute Gasteiger partial charge is 0.457 e. The van der Waals surface area contributed by atoms with Crippen molar-refractivity contribution < 1.29 is 13.6 Å². The lowest BCUT2D eigenvalue weighted by atomic mass is 9.66. The smallest absolute Gasteiger partial charge is 0.161 e. The Morgan fingerprint density at radius 3 is 1.56 bits per heavy atom. The monoisotopic (exact) mass is 846 g/mol. The van der Waals surface area contributed by atoms with Crippen LogP contribution in [0.3, 0.4) is 0 Å². The molecule has 0 unspecified atom stereocenters. The Balaban J connectivity index is 1.07. The lowest BCUT2D eigenvalue weighted by molar-refractivity contribution is 0.436. The zero-order chi connectivity index (χ0) is 43.3. The number of benzene rings is 10. The minimum atomic E-state index is -0.647. The standard InChI is InChI=1S/C61H38N2O3/c1-3-17-39(18-4-1)62(40-19-5-2-6-20-40)52-34-35-53(60-59(52)47-24-10-15-29-55(47)66-60)63(42-31-33-46-45-23-9-14-28-54(45)64-58(46)38-42)41-32-36-57-51(37-41)61(50-27-13-16-30-56(50)65-57)48-25-11-7-21-43(48)44-22-8-12-26-49(44)61/h1-38H. The number of para-hydroxylation sites is 5. The number of hydrogen-bond acceptors (Lipinski definition) is 5. The van der Waals surface area contributed by atoms with Crippen LogP contribution in [-0.4, -0.2) is 0 Å². The second kappa shape index (κ2) is 14.1. The van der Waals surface area contributed by atoms with Crippen LogP contribution in [0.15, 0.2) is 239 Å². The second-order valence-electron chi connectivity index (χ2n) is 17.1. The van der Waals surface area contributed by atoms with Crippen molar-refractivity contribution in [3.8, 4) is 22.6 Å². The highest BCUT2D eigenvalue weighted by Gasteiger charge is 2.51. The first kappa shape index (κ1) is 36.7. The average molecular weight is 847 g/mol. The van der Waals surface area contributed by atoms with Gasteiger partial charge in [-0.05, 0) is 107 Å². The number of fused-ring (bicyclic) bond motifs is 15. The van der Waals surface area contributed by atoms with E-state index in [4.69, 9.17) is 13.6 Å². The molecule has 2 aromatic heterocycles. The molecule has 5 nitrogen and oxygen atoms in total. The first-order valence-corrected chi connectivity index (χ1v) is 22.4. The van der Waals surface area contributed by atoms with Crippen LogP contribution < -0.4 is 14.5 Å². The van der Waals surface area contributed by atoms with Gasteiger partial charge in [-0.3, -0.25) is 0 Å². The molecule has 0 fully saturated rings. The normalized spacial score (nSPS) is 13.1. The van der Waals surface area contributed by atoms with Gasteiger partial charge < -0.3 is 23.4 Å². The molecular formula is C61H38N2O3. The van der Waals surface area contributed by atoms with E-state index in [9.17, 15) is 0 Å². The maximum absolute atomic E-state index is 7.13. The molecule has 12 aromatic rings. The Hall–Kier alpha value is -8.80. The third-order valence-corrected chi connectivity index (χ3v) is 13.7. The Labute approximate surface area is 380 Å². The van der Waals surface area contributed by atoms with E-state index in [2.05, 4.69) is 222 Å². The predicted molar refractivity (Wildman–Crippen MR) is 268 cm³/mol. The van der Waals surface area contributed by atoms with Gasteiger partial charge in [0.15, 0.2) is 5.58 Å². The van der Waals surface area contributed by atoms with E-state index in [1.807, 2.05) is 18.2 Å². The Bertz CT molecular complexity index is 3800. The Kier molecular flexibility index (Phi) is 7.83. The number of hydrogen-bond donors (Lipinski definition) is 0. The van der Waals surface area contributed by atoms with Gasteiger partial charge in [0.05, 0.1) is 27.9 Å². The lowest BCUT2D eigenvalue weighted by Gasteiger charge is -2.40. The highest BCUT2D eigenvalue weighted by atomic mass is 16.5. The minimum Gasteiger partial charge on any atom is -0.457 e. The molecule has 1 aliphatic carbocycles. The lowest BCUT2D eigenvalue weighted by Crippen LogP contribution is -2.32. The summed E-state index contributed by atoms with van der Waals surface area (Å²) in [6.07, 6.45) is 0. The quantitative estimate of drug-likeness (QED) is 0.167. The van der Waals surface area contributed by atoms with Gasteiger partial charge in [0.1, 0.15) is 28.2 Å². The number of nitrogens with zero attached hydrogens (tertiary/aromatic N) is 2. The van der Waals surface area contributed by atoms with E-state index in [-0.39, 0.29) is 0 Å². The number of furan rings is 2. The maximum Gasteiger partial charge on any atom is 0.161 e. The summed E-state index contributed by atoms with van der Waals surface area (Å²) >= 11 is 0. The van der Waals surface area contributed by atoms with Gasteiger partial charge in [-0.15, -0.1) is 0 Å². The van der Waals surface area contributed by atoms with Crippen molar-refractivity contribution in [1.29, 1.82) is 0 Å². The molecule has 2 aliphatic rings. The van der Waals surface area contributed by atoms with Crippen molar-refractivity contribution in [2.45, 2.75) is 5.41 Å². The summed E-state index contributed by atoms with van der Waals surface area (Å²) in [4.78, 5) is 4.66. The van der Waals surface area contributed by atoms with Gasteiger partial charge in [0, 0.05) is 50.4 Å². The molecule has 0 N–H and O–H groups in total. The molecule has 10 aromatic carbocycles. The van der Waals surface area contributed by atoms with E-state index in [1.165, 1.54) is 22.3 Å². The van der Waals surface area contributed by atoms with Crippen molar-refractivity contribution in [3.05, 3.63) is 253 Å². The van der Waals surface area contributed by atoms with Crippen LogP contribution in [-0.2, 0) is 5.41 Å². The highest BCUT2D eigenvalue weighted by molar-refractivity contribution is 6.18. The van der Waals surface area contributed by atoms with Gasteiger partial charge >= 0.3 is 0 Å². The summed E-state index contributed by atoms with van der Waals surface area (Å²) in [5.74, 6) is 1.68. The first-order chi connectivity index (χ1) is 32.7. The van der Waals surface area contributed by atoms with Gasteiger partial charge in [-0.2, -0.15) is 0 Å². The molecule has 1 spiro atoms. The van der Waals surface area contributed by atoms with E-state index < -0.39 is 5.41 Å². The fraction of sp³-hybridized carbons (Fsp3) is 0.0164. The fourth-order valence-corrected chi connectivity index (χ4v) is 11.0. The van der Waals surface area contributed by atoms with Crippen LogP contribution >= 0.6 is 0 Å².